The lowest BCUT2D eigenvalue weighted by Gasteiger charge is -2.28. The molecule has 1 aromatic carbocycles. The highest BCUT2D eigenvalue weighted by Crippen LogP contribution is 2.29. The highest BCUT2D eigenvalue weighted by atomic mass is 16.5. The maximum Gasteiger partial charge on any atom is 0.255 e. The summed E-state index contributed by atoms with van der Waals surface area (Å²) in [7, 11) is 0. The number of aromatic nitrogens is 2. The molecule has 0 bridgehead atoms. The fraction of sp³-hybridized carbons (Fsp3) is 0.409. The van der Waals surface area contributed by atoms with Crippen LogP contribution in [0, 0.1) is 6.92 Å². The third-order valence-electron chi connectivity index (χ3n) is 5.63. The van der Waals surface area contributed by atoms with E-state index >= 15 is 0 Å². The molecule has 1 fully saturated rings. The van der Waals surface area contributed by atoms with Gasteiger partial charge in [-0.1, -0.05) is 6.58 Å². The summed E-state index contributed by atoms with van der Waals surface area (Å²) < 4.78 is 7.36. The van der Waals surface area contributed by atoms with Gasteiger partial charge in [-0.15, -0.1) is 0 Å². The third kappa shape index (κ3) is 3.96. The van der Waals surface area contributed by atoms with Gasteiger partial charge in [0.25, 0.3) is 5.91 Å². The van der Waals surface area contributed by atoms with Gasteiger partial charge in [0.1, 0.15) is 0 Å². The third-order valence-corrected chi connectivity index (χ3v) is 5.63. The van der Waals surface area contributed by atoms with Crippen molar-refractivity contribution in [3.05, 3.63) is 53.9 Å². The monoisotopic (exact) mass is 394 g/mol. The SMILES string of the molecule is C=CC(=O)N1CCCc2cc(C(=O)Nc3cn(C4CCOCC4)nc3C)ccc21. The number of fused-ring (bicyclic) bond motifs is 1. The number of anilines is 2. The predicted molar refractivity (Wildman–Crippen MR) is 111 cm³/mol. The minimum Gasteiger partial charge on any atom is -0.381 e. The summed E-state index contributed by atoms with van der Waals surface area (Å²) >= 11 is 0. The van der Waals surface area contributed by atoms with Crippen LogP contribution in [0.25, 0.3) is 0 Å². The summed E-state index contributed by atoms with van der Waals surface area (Å²) in [5.41, 5.74) is 3.97. The molecule has 0 aliphatic carbocycles. The molecule has 1 aromatic heterocycles. The molecule has 2 aliphatic rings. The summed E-state index contributed by atoms with van der Waals surface area (Å²) in [5, 5.41) is 7.57. The number of hydrogen-bond acceptors (Lipinski definition) is 4. The van der Waals surface area contributed by atoms with Crippen molar-refractivity contribution >= 4 is 23.2 Å². The van der Waals surface area contributed by atoms with Crippen molar-refractivity contribution in [1.82, 2.24) is 9.78 Å². The van der Waals surface area contributed by atoms with Crippen LogP contribution < -0.4 is 10.2 Å². The van der Waals surface area contributed by atoms with Gasteiger partial charge in [-0.3, -0.25) is 14.3 Å². The largest absolute Gasteiger partial charge is 0.381 e. The molecule has 2 aromatic rings. The highest BCUT2D eigenvalue weighted by molar-refractivity contribution is 6.06. The van der Waals surface area contributed by atoms with E-state index in [9.17, 15) is 9.59 Å². The molecule has 152 valence electrons. The number of ether oxygens (including phenoxy) is 1. The second-order valence-electron chi connectivity index (χ2n) is 7.55. The molecular formula is C22H26N4O3. The average Bonchev–Trinajstić information content (AvgIpc) is 3.13. The molecule has 29 heavy (non-hydrogen) atoms. The number of hydrogen-bond donors (Lipinski definition) is 1. The molecule has 1 N–H and O–H groups in total. The van der Waals surface area contributed by atoms with Crippen LogP contribution in [0.1, 0.15) is 46.9 Å². The van der Waals surface area contributed by atoms with Gasteiger partial charge in [0.05, 0.1) is 17.4 Å². The molecule has 2 amide bonds. The first-order chi connectivity index (χ1) is 14.1. The Bertz CT molecular complexity index is 944. The van der Waals surface area contributed by atoms with Crippen LogP contribution in [0.5, 0.6) is 0 Å². The van der Waals surface area contributed by atoms with Crippen LogP contribution in [0.2, 0.25) is 0 Å². The predicted octanol–water partition coefficient (Wildman–Crippen LogP) is 3.26. The molecule has 0 spiro atoms. The number of aryl methyl sites for hydroxylation is 2. The summed E-state index contributed by atoms with van der Waals surface area (Å²) in [6.07, 6.45) is 6.81. The van der Waals surface area contributed by atoms with Crippen molar-refractivity contribution in [2.24, 2.45) is 0 Å². The van der Waals surface area contributed by atoms with E-state index in [1.165, 1.54) is 6.08 Å². The first-order valence-corrected chi connectivity index (χ1v) is 10.1. The molecule has 7 nitrogen and oxygen atoms in total. The number of amides is 2. The molecule has 0 atom stereocenters. The molecule has 0 radical (unpaired) electrons. The fourth-order valence-corrected chi connectivity index (χ4v) is 4.01. The molecular weight excluding hydrogens is 368 g/mol. The number of benzene rings is 1. The summed E-state index contributed by atoms with van der Waals surface area (Å²) in [5.74, 6) is -0.283. The first kappa shape index (κ1) is 19.4. The fourth-order valence-electron chi connectivity index (χ4n) is 4.01. The van der Waals surface area contributed by atoms with Crippen LogP contribution >= 0.6 is 0 Å². The maximum atomic E-state index is 12.8. The van der Waals surface area contributed by atoms with E-state index in [2.05, 4.69) is 17.0 Å². The standard InChI is InChI=1S/C22H26N4O3/c1-3-21(27)25-10-4-5-16-13-17(6-7-20(16)25)22(28)23-19-14-26(24-15(19)2)18-8-11-29-12-9-18/h3,6-7,13-14,18H,1,4-5,8-12H2,2H3,(H,23,28). The van der Waals surface area contributed by atoms with Gasteiger partial charge in [-0.05, 0) is 62.4 Å². The van der Waals surface area contributed by atoms with Crippen molar-refractivity contribution < 1.29 is 14.3 Å². The maximum absolute atomic E-state index is 12.8. The van der Waals surface area contributed by atoms with E-state index in [4.69, 9.17) is 4.74 Å². The Labute approximate surface area is 170 Å². The normalized spacial score (nSPS) is 16.9. The summed E-state index contributed by atoms with van der Waals surface area (Å²) in [6.45, 7) is 7.63. The van der Waals surface area contributed by atoms with E-state index in [-0.39, 0.29) is 11.8 Å². The van der Waals surface area contributed by atoms with Crippen molar-refractivity contribution in [3.63, 3.8) is 0 Å². The zero-order valence-corrected chi connectivity index (χ0v) is 16.7. The minimum atomic E-state index is -0.172. The quantitative estimate of drug-likeness (QED) is 0.808. The van der Waals surface area contributed by atoms with E-state index < -0.39 is 0 Å². The first-order valence-electron chi connectivity index (χ1n) is 10.1. The van der Waals surface area contributed by atoms with Gasteiger partial charge in [-0.25, -0.2) is 0 Å². The van der Waals surface area contributed by atoms with Crippen molar-refractivity contribution in [2.75, 3.05) is 30.0 Å². The number of carbonyl (C=O) groups is 2. The van der Waals surface area contributed by atoms with Crippen molar-refractivity contribution in [2.45, 2.75) is 38.6 Å². The minimum absolute atomic E-state index is 0.112. The smallest absolute Gasteiger partial charge is 0.255 e. The second kappa shape index (κ2) is 8.21. The lowest BCUT2D eigenvalue weighted by molar-refractivity contribution is -0.114. The Balaban J connectivity index is 1.51. The van der Waals surface area contributed by atoms with Gasteiger partial charge in [0, 0.05) is 37.2 Å². The summed E-state index contributed by atoms with van der Waals surface area (Å²) in [6, 6.07) is 5.81. The van der Waals surface area contributed by atoms with E-state index in [0.29, 0.717) is 18.2 Å². The lowest BCUT2D eigenvalue weighted by Crippen LogP contribution is -2.34. The Morgan fingerprint density at radius 3 is 2.86 bits per heavy atom. The molecule has 3 heterocycles. The number of carbonyl (C=O) groups excluding carboxylic acids is 2. The molecule has 0 unspecified atom stereocenters. The highest BCUT2D eigenvalue weighted by Gasteiger charge is 2.23. The van der Waals surface area contributed by atoms with Crippen LogP contribution in [-0.4, -0.2) is 41.4 Å². The van der Waals surface area contributed by atoms with E-state index in [0.717, 1.165) is 61.5 Å². The second-order valence-corrected chi connectivity index (χ2v) is 7.55. The van der Waals surface area contributed by atoms with E-state index in [1.807, 2.05) is 29.9 Å². The zero-order chi connectivity index (χ0) is 20.4. The molecule has 1 saturated heterocycles. The van der Waals surface area contributed by atoms with Crippen molar-refractivity contribution in [3.8, 4) is 0 Å². The Morgan fingerprint density at radius 2 is 2.10 bits per heavy atom. The Kier molecular flexibility index (Phi) is 5.49. The van der Waals surface area contributed by atoms with Gasteiger partial charge < -0.3 is 15.0 Å². The van der Waals surface area contributed by atoms with E-state index in [1.54, 1.807) is 11.0 Å². The topological polar surface area (TPSA) is 76.5 Å². The zero-order valence-electron chi connectivity index (χ0n) is 16.7. The Hall–Kier alpha value is -2.93. The number of rotatable bonds is 4. The van der Waals surface area contributed by atoms with Gasteiger partial charge in [0.15, 0.2) is 0 Å². The van der Waals surface area contributed by atoms with Crippen LogP contribution in [0.4, 0.5) is 11.4 Å². The average molecular weight is 394 g/mol. The van der Waals surface area contributed by atoms with Crippen LogP contribution in [0.3, 0.4) is 0 Å². The lowest BCUT2D eigenvalue weighted by atomic mass is 9.98. The van der Waals surface area contributed by atoms with Crippen LogP contribution in [0.15, 0.2) is 37.1 Å². The molecule has 2 aliphatic heterocycles. The van der Waals surface area contributed by atoms with Crippen molar-refractivity contribution in [1.29, 1.82) is 0 Å². The number of nitrogens with zero attached hydrogens (tertiary/aromatic N) is 3. The molecule has 4 rings (SSSR count). The van der Waals surface area contributed by atoms with Gasteiger partial charge in [0.2, 0.25) is 5.91 Å². The molecule has 0 saturated carbocycles. The van der Waals surface area contributed by atoms with Gasteiger partial charge >= 0.3 is 0 Å². The molecule has 7 heteroatoms. The van der Waals surface area contributed by atoms with Crippen LogP contribution in [-0.2, 0) is 16.0 Å². The Morgan fingerprint density at radius 1 is 1.31 bits per heavy atom. The summed E-state index contributed by atoms with van der Waals surface area (Å²) in [4.78, 5) is 26.6. The van der Waals surface area contributed by atoms with Gasteiger partial charge in [-0.2, -0.15) is 5.10 Å². The number of nitrogens with one attached hydrogen (secondary N) is 1.